The highest BCUT2D eigenvalue weighted by Gasteiger charge is 2.24. The summed E-state index contributed by atoms with van der Waals surface area (Å²) in [5, 5.41) is 4.32. The van der Waals surface area contributed by atoms with Crippen LogP contribution in [0.2, 0.25) is 0 Å². The maximum Gasteiger partial charge on any atom is 0.144 e. The zero-order valence-corrected chi connectivity index (χ0v) is 8.86. The number of carbonyl (C=O) groups excluding carboxylic acids is 1. The number of aromatic amines is 1. The number of pyridine rings is 1. The molecule has 0 amide bonds. The molecule has 1 saturated heterocycles. The molecule has 1 fully saturated rings. The number of Topliss-reactive ketones (excluding diaryl/α,β-unsaturated/α-hetero) is 1. The van der Waals surface area contributed by atoms with Crippen molar-refractivity contribution in [3.05, 3.63) is 30.2 Å². The summed E-state index contributed by atoms with van der Waals surface area (Å²) in [6, 6.07) is 3.96. The lowest BCUT2D eigenvalue weighted by molar-refractivity contribution is -0.121. The van der Waals surface area contributed by atoms with Gasteiger partial charge in [-0.15, -0.1) is 0 Å². The van der Waals surface area contributed by atoms with E-state index in [4.69, 9.17) is 0 Å². The van der Waals surface area contributed by atoms with E-state index in [1.54, 1.807) is 6.20 Å². The molecule has 3 heterocycles. The Labute approximate surface area is 93.1 Å². The van der Waals surface area contributed by atoms with E-state index in [0.717, 1.165) is 29.7 Å². The molecule has 1 aliphatic rings. The van der Waals surface area contributed by atoms with E-state index < -0.39 is 0 Å². The number of H-pyrrole nitrogens is 1. The lowest BCUT2D eigenvalue weighted by Crippen LogP contribution is -2.35. The van der Waals surface area contributed by atoms with Crippen LogP contribution in [0.1, 0.15) is 18.0 Å². The largest absolute Gasteiger partial charge is 0.358 e. The normalized spacial score (nSPS) is 21.5. The summed E-state index contributed by atoms with van der Waals surface area (Å²) in [6.45, 7) is 1.54. The Morgan fingerprint density at radius 1 is 1.44 bits per heavy atom. The molecule has 1 unspecified atom stereocenters. The highest BCUT2D eigenvalue weighted by molar-refractivity contribution is 5.89. The fourth-order valence-corrected chi connectivity index (χ4v) is 2.21. The van der Waals surface area contributed by atoms with E-state index in [1.165, 1.54) is 0 Å². The smallest absolute Gasteiger partial charge is 0.144 e. The van der Waals surface area contributed by atoms with Crippen molar-refractivity contribution in [2.45, 2.75) is 12.3 Å². The molecule has 2 aromatic rings. The van der Waals surface area contributed by atoms with Gasteiger partial charge in [0, 0.05) is 48.5 Å². The molecule has 1 atom stereocenters. The van der Waals surface area contributed by atoms with Gasteiger partial charge in [-0.2, -0.15) is 0 Å². The maximum absolute atomic E-state index is 11.8. The number of fused-ring (bicyclic) bond motifs is 1. The van der Waals surface area contributed by atoms with Crippen molar-refractivity contribution in [2.75, 3.05) is 13.1 Å². The van der Waals surface area contributed by atoms with Gasteiger partial charge in [-0.1, -0.05) is 0 Å². The first-order valence-electron chi connectivity index (χ1n) is 5.50. The Morgan fingerprint density at radius 2 is 2.38 bits per heavy atom. The standard InChI is InChI=1S/C12H13N3O/c16-12-2-4-14-7-9(12)11-5-8-6-13-3-1-10(8)15-11/h1,3,5-6,9,14-15H,2,4,7H2. The average molecular weight is 215 g/mol. The maximum atomic E-state index is 11.8. The van der Waals surface area contributed by atoms with Crippen LogP contribution in [0.3, 0.4) is 0 Å². The molecule has 2 aromatic heterocycles. The molecule has 2 N–H and O–H groups in total. The monoisotopic (exact) mass is 215 g/mol. The number of hydrogen-bond acceptors (Lipinski definition) is 3. The highest BCUT2D eigenvalue weighted by Crippen LogP contribution is 2.23. The van der Waals surface area contributed by atoms with Crippen LogP contribution in [0.4, 0.5) is 0 Å². The van der Waals surface area contributed by atoms with Gasteiger partial charge in [-0.25, -0.2) is 0 Å². The van der Waals surface area contributed by atoms with Crippen LogP contribution in [-0.4, -0.2) is 28.8 Å². The van der Waals surface area contributed by atoms with E-state index in [2.05, 4.69) is 15.3 Å². The van der Waals surface area contributed by atoms with E-state index in [0.29, 0.717) is 12.2 Å². The summed E-state index contributed by atoms with van der Waals surface area (Å²) in [4.78, 5) is 19.2. The zero-order chi connectivity index (χ0) is 11.0. The Bertz CT molecular complexity index is 499. The van der Waals surface area contributed by atoms with Crippen LogP contribution in [0.5, 0.6) is 0 Å². The second kappa shape index (κ2) is 3.72. The Kier molecular flexibility index (Phi) is 2.22. The third-order valence-corrected chi connectivity index (χ3v) is 3.10. The SMILES string of the molecule is O=C1CCNCC1c1cc2cnccc2[nH]1. The van der Waals surface area contributed by atoms with Gasteiger partial charge in [0.25, 0.3) is 0 Å². The van der Waals surface area contributed by atoms with Crippen molar-refractivity contribution in [1.29, 1.82) is 0 Å². The number of piperidine rings is 1. The summed E-state index contributed by atoms with van der Waals surface area (Å²) in [7, 11) is 0. The van der Waals surface area contributed by atoms with Gasteiger partial charge in [0.2, 0.25) is 0 Å². The molecule has 0 aliphatic carbocycles. The highest BCUT2D eigenvalue weighted by atomic mass is 16.1. The predicted molar refractivity (Wildman–Crippen MR) is 61.3 cm³/mol. The molecule has 4 nitrogen and oxygen atoms in total. The Balaban J connectivity index is 2.01. The fourth-order valence-electron chi connectivity index (χ4n) is 2.21. The predicted octanol–water partition coefficient (Wildman–Crippen LogP) is 1.21. The average Bonchev–Trinajstić information content (AvgIpc) is 2.73. The van der Waals surface area contributed by atoms with Gasteiger partial charge in [0.1, 0.15) is 5.78 Å². The van der Waals surface area contributed by atoms with Crippen molar-refractivity contribution in [3.63, 3.8) is 0 Å². The molecule has 0 saturated carbocycles. The summed E-state index contributed by atoms with van der Waals surface area (Å²) >= 11 is 0. The van der Waals surface area contributed by atoms with Gasteiger partial charge in [0.15, 0.2) is 0 Å². The van der Waals surface area contributed by atoms with Gasteiger partial charge in [-0.3, -0.25) is 9.78 Å². The minimum atomic E-state index is -0.0267. The number of carbonyl (C=O) groups is 1. The van der Waals surface area contributed by atoms with Crippen molar-refractivity contribution in [2.24, 2.45) is 0 Å². The summed E-state index contributed by atoms with van der Waals surface area (Å²) in [5.74, 6) is 0.291. The Hall–Kier alpha value is -1.68. The number of ketones is 1. The fraction of sp³-hybridized carbons (Fsp3) is 0.333. The molecule has 82 valence electrons. The topological polar surface area (TPSA) is 57.8 Å². The van der Waals surface area contributed by atoms with Crippen LogP contribution in [0.15, 0.2) is 24.5 Å². The summed E-state index contributed by atoms with van der Waals surface area (Å²) in [6.07, 6.45) is 4.19. The first-order chi connectivity index (χ1) is 7.84. The minimum absolute atomic E-state index is 0.0267. The first kappa shape index (κ1) is 9.54. The van der Waals surface area contributed by atoms with Crippen molar-refractivity contribution < 1.29 is 4.79 Å². The lowest BCUT2D eigenvalue weighted by atomic mass is 9.95. The van der Waals surface area contributed by atoms with Crippen LogP contribution in [-0.2, 0) is 4.79 Å². The molecular formula is C12H13N3O. The van der Waals surface area contributed by atoms with Gasteiger partial charge in [0.05, 0.1) is 5.92 Å². The number of nitrogens with zero attached hydrogens (tertiary/aromatic N) is 1. The first-order valence-corrected chi connectivity index (χ1v) is 5.50. The van der Waals surface area contributed by atoms with E-state index in [1.807, 2.05) is 18.3 Å². The van der Waals surface area contributed by atoms with Crippen molar-refractivity contribution >= 4 is 16.7 Å². The Morgan fingerprint density at radius 3 is 3.19 bits per heavy atom. The molecule has 0 radical (unpaired) electrons. The van der Waals surface area contributed by atoms with Crippen molar-refractivity contribution in [3.8, 4) is 0 Å². The minimum Gasteiger partial charge on any atom is -0.358 e. The lowest BCUT2D eigenvalue weighted by Gasteiger charge is -2.20. The van der Waals surface area contributed by atoms with Crippen LogP contribution in [0, 0.1) is 0 Å². The molecular weight excluding hydrogens is 202 g/mol. The van der Waals surface area contributed by atoms with E-state index in [-0.39, 0.29) is 5.92 Å². The molecule has 16 heavy (non-hydrogen) atoms. The zero-order valence-electron chi connectivity index (χ0n) is 8.86. The quantitative estimate of drug-likeness (QED) is 0.751. The van der Waals surface area contributed by atoms with E-state index >= 15 is 0 Å². The number of hydrogen-bond donors (Lipinski definition) is 2. The van der Waals surface area contributed by atoms with E-state index in [9.17, 15) is 4.79 Å². The number of aromatic nitrogens is 2. The number of nitrogens with one attached hydrogen (secondary N) is 2. The molecule has 0 bridgehead atoms. The third kappa shape index (κ3) is 1.51. The molecule has 0 aromatic carbocycles. The van der Waals surface area contributed by atoms with Crippen LogP contribution >= 0.6 is 0 Å². The molecule has 4 heteroatoms. The summed E-state index contributed by atoms with van der Waals surface area (Å²) < 4.78 is 0. The van der Waals surface area contributed by atoms with Crippen molar-refractivity contribution in [1.82, 2.24) is 15.3 Å². The van der Waals surface area contributed by atoms with Gasteiger partial charge in [-0.05, 0) is 12.1 Å². The van der Waals surface area contributed by atoms with Crippen LogP contribution < -0.4 is 5.32 Å². The second-order valence-electron chi connectivity index (χ2n) is 4.16. The molecule has 3 rings (SSSR count). The number of rotatable bonds is 1. The van der Waals surface area contributed by atoms with Gasteiger partial charge < -0.3 is 10.3 Å². The van der Waals surface area contributed by atoms with Gasteiger partial charge >= 0.3 is 0 Å². The third-order valence-electron chi connectivity index (χ3n) is 3.10. The molecule has 1 aliphatic heterocycles. The molecule has 0 spiro atoms. The summed E-state index contributed by atoms with van der Waals surface area (Å²) in [5.41, 5.74) is 2.04. The second-order valence-corrected chi connectivity index (χ2v) is 4.16. The van der Waals surface area contributed by atoms with Crippen LogP contribution in [0.25, 0.3) is 10.9 Å².